The number of nitrogen functional groups attached to an aromatic ring is 3. The van der Waals surface area contributed by atoms with E-state index in [0.717, 1.165) is 37.2 Å². The first-order valence-corrected chi connectivity index (χ1v) is 14.5. The molecule has 0 radical (unpaired) electrons. The van der Waals surface area contributed by atoms with E-state index >= 15 is 0 Å². The van der Waals surface area contributed by atoms with Gasteiger partial charge < -0.3 is 32.5 Å². The maximum absolute atomic E-state index is 13.3. The number of fused-ring (bicyclic) bond motifs is 2. The number of carboxylic acids is 1. The zero-order valence-electron chi connectivity index (χ0n) is 21.5. The maximum Gasteiger partial charge on any atom is 0.352 e. The third kappa shape index (κ3) is 4.88. The number of aliphatic carboxylic acids is 1. The molecule has 1 saturated heterocycles. The number of nitrogens with one attached hydrogen (secondary N) is 1. The molecule has 214 valence electrons. The van der Waals surface area contributed by atoms with E-state index in [1.807, 2.05) is 0 Å². The lowest BCUT2D eigenvalue weighted by Gasteiger charge is -2.49. The Morgan fingerprint density at radius 1 is 1.24 bits per heavy atom. The Balaban J connectivity index is 1.22. The standard InChI is InChI=1S/C23H25N11O5S2/c24-12-5-6-14-32(8-13(25)34(14)29-12)7-10-9-40-21-16(20(36)33(21)17(10)22(37)38)27-19(35)15(18-28-23(26)41-31-18)30-39-11-3-1-2-4-11/h5-6,8,11,16,21H,1-4,7,9H2,(H7-,24,25,26,27,28,29,31,35,37,38)/p+1/b30-15-/t16-,21-/m1/s1. The lowest BCUT2D eigenvalue weighted by atomic mass is 10.0. The number of aromatic nitrogens is 5. The highest BCUT2D eigenvalue weighted by molar-refractivity contribution is 8.00. The summed E-state index contributed by atoms with van der Waals surface area (Å²) in [5.41, 5.74) is 18.3. The van der Waals surface area contributed by atoms with Crippen molar-refractivity contribution in [2.75, 3.05) is 23.0 Å². The van der Waals surface area contributed by atoms with Crippen molar-refractivity contribution >= 4 is 69.2 Å². The smallest absolute Gasteiger partial charge is 0.352 e. The number of hydrogen-bond acceptors (Lipinski definition) is 13. The van der Waals surface area contributed by atoms with Crippen LogP contribution in [0.25, 0.3) is 5.65 Å². The van der Waals surface area contributed by atoms with E-state index in [1.54, 1.807) is 22.9 Å². The van der Waals surface area contributed by atoms with Crippen LogP contribution >= 0.6 is 23.3 Å². The first-order valence-electron chi connectivity index (χ1n) is 12.7. The van der Waals surface area contributed by atoms with Crippen molar-refractivity contribution in [1.82, 2.24) is 29.2 Å². The average molecular weight is 601 g/mol. The fourth-order valence-electron chi connectivity index (χ4n) is 5.10. The molecular weight excluding hydrogens is 574 g/mol. The molecule has 0 unspecified atom stereocenters. The van der Waals surface area contributed by atoms with Gasteiger partial charge in [0.25, 0.3) is 17.6 Å². The molecule has 3 aromatic rings. The molecule has 3 aliphatic rings. The molecule has 2 atom stereocenters. The van der Waals surface area contributed by atoms with Crippen molar-refractivity contribution in [2.24, 2.45) is 5.16 Å². The summed E-state index contributed by atoms with van der Waals surface area (Å²) in [5.74, 6) is -1.65. The van der Waals surface area contributed by atoms with E-state index in [4.69, 9.17) is 22.0 Å². The number of carboxylic acid groups (broad SMARTS) is 1. The number of nitrogens with two attached hydrogens (primary N) is 3. The van der Waals surface area contributed by atoms with E-state index in [-0.39, 0.29) is 40.8 Å². The Bertz CT molecular complexity index is 1630. The third-order valence-electron chi connectivity index (χ3n) is 7.02. The highest BCUT2D eigenvalue weighted by Crippen LogP contribution is 2.40. The van der Waals surface area contributed by atoms with E-state index < -0.39 is 29.2 Å². The summed E-state index contributed by atoms with van der Waals surface area (Å²) >= 11 is 2.24. The van der Waals surface area contributed by atoms with Crippen LogP contribution in [0.1, 0.15) is 31.5 Å². The van der Waals surface area contributed by atoms with Gasteiger partial charge in [-0.2, -0.15) is 9.36 Å². The molecule has 2 fully saturated rings. The minimum absolute atomic E-state index is 0.0105. The Hall–Kier alpha value is -4.45. The number of imidazole rings is 1. The second-order valence-corrected chi connectivity index (χ2v) is 11.6. The van der Waals surface area contributed by atoms with Gasteiger partial charge in [0.1, 0.15) is 29.8 Å². The Morgan fingerprint density at radius 2 is 2.02 bits per heavy atom. The van der Waals surface area contributed by atoms with E-state index in [1.165, 1.54) is 21.2 Å². The minimum Gasteiger partial charge on any atom is -0.477 e. The first kappa shape index (κ1) is 26.8. The van der Waals surface area contributed by atoms with E-state index in [9.17, 15) is 19.5 Å². The molecule has 8 N–H and O–H groups in total. The second-order valence-electron chi connectivity index (χ2n) is 9.74. The summed E-state index contributed by atoms with van der Waals surface area (Å²) in [6.07, 6.45) is 5.16. The molecular formula is C23H26N11O5S2+. The number of thioether (sulfide) groups is 1. The molecule has 5 heterocycles. The number of hydrogen-bond donors (Lipinski definition) is 5. The predicted molar refractivity (Wildman–Crippen MR) is 148 cm³/mol. The minimum atomic E-state index is -1.25. The molecule has 1 saturated carbocycles. The SMILES string of the molecule is Nc1ccc2n(n1)c(N)c[n+]2CC1=C(C(=O)O)N2C(=O)[C@@H](NC(=O)/C(=N\OC3CCCC3)c3nsc(N)n3)[C@H]2SC1. The summed E-state index contributed by atoms with van der Waals surface area (Å²) < 4.78 is 7.27. The third-order valence-corrected chi connectivity index (χ3v) is 8.91. The summed E-state index contributed by atoms with van der Waals surface area (Å²) in [5, 5.41) is 20.5. The summed E-state index contributed by atoms with van der Waals surface area (Å²) in [4.78, 5) is 49.7. The van der Waals surface area contributed by atoms with Crippen molar-refractivity contribution < 1.29 is 28.9 Å². The van der Waals surface area contributed by atoms with Crippen molar-refractivity contribution in [3.05, 3.63) is 35.4 Å². The number of anilines is 3. The molecule has 18 heteroatoms. The summed E-state index contributed by atoms with van der Waals surface area (Å²) in [7, 11) is 0. The lowest BCUT2D eigenvalue weighted by molar-refractivity contribution is -0.662. The van der Waals surface area contributed by atoms with Gasteiger partial charge in [0.05, 0.1) is 0 Å². The lowest BCUT2D eigenvalue weighted by Crippen LogP contribution is -2.71. The Labute approximate surface area is 240 Å². The number of carbonyl (C=O) groups excluding carboxylic acids is 2. The van der Waals surface area contributed by atoms with Gasteiger partial charge in [0.2, 0.25) is 11.5 Å². The van der Waals surface area contributed by atoms with E-state index in [0.29, 0.717) is 22.8 Å². The number of amides is 2. The zero-order valence-corrected chi connectivity index (χ0v) is 23.1. The quantitative estimate of drug-likeness (QED) is 0.0936. The van der Waals surface area contributed by atoms with Gasteiger partial charge in [0.15, 0.2) is 17.1 Å². The van der Waals surface area contributed by atoms with Gasteiger partial charge >= 0.3 is 11.6 Å². The molecule has 3 aromatic heterocycles. The van der Waals surface area contributed by atoms with Crippen LogP contribution in [0.3, 0.4) is 0 Å². The van der Waals surface area contributed by atoms with Crippen LogP contribution in [0.15, 0.2) is 34.8 Å². The number of oxime groups is 1. The van der Waals surface area contributed by atoms with Crippen LogP contribution in [0.2, 0.25) is 0 Å². The number of carbonyl (C=O) groups is 3. The highest BCUT2D eigenvalue weighted by atomic mass is 32.2. The van der Waals surface area contributed by atoms with Gasteiger partial charge in [-0.15, -0.1) is 11.8 Å². The van der Waals surface area contributed by atoms with Crippen LogP contribution in [-0.2, 0) is 25.8 Å². The van der Waals surface area contributed by atoms with Gasteiger partial charge in [-0.1, -0.05) is 14.8 Å². The highest BCUT2D eigenvalue weighted by Gasteiger charge is 2.54. The predicted octanol–water partition coefficient (Wildman–Crippen LogP) is -0.678. The van der Waals surface area contributed by atoms with Gasteiger partial charge in [0, 0.05) is 28.9 Å². The molecule has 2 amide bonds. The largest absolute Gasteiger partial charge is 0.477 e. The van der Waals surface area contributed by atoms with Crippen molar-refractivity contribution in [3.63, 3.8) is 0 Å². The fourth-order valence-corrected chi connectivity index (χ4v) is 6.87. The summed E-state index contributed by atoms with van der Waals surface area (Å²) in [6.45, 7) is 0.153. The number of β-lactam (4-membered cyclic amide) rings is 1. The van der Waals surface area contributed by atoms with Gasteiger partial charge in [-0.05, 0) is 31.7 Å². The Morgan fingerprint density at radius 3 is 2.73 bits per heavy atom. The molecule has 1 aliphatic carbocycles. The fraction of sp³-hybridized carbons (Fsp3) is 0.391. The van der Waals surface area contributed by atoms with Gasteiger partial charge in [-0.25, -0.2) is 9.36 Å². The van der Waals surface area contributed by atoms with E-state index in [2.05, 4.69) is 24.9 Å². The zero-order chi connectivity index (χ0) is 28.8. The maximum atomic E-state index is 13.3. The molecule has 6 rings (SSSR count). The molecule has 16 nitrogen and oxygen atoms in total. The van der Waals surface area contributed by atoms with Gasteiger partial charge in [-0.3, -0.25) is 14.5 Å². The van der Waals surface area contributed by atoms with Crippen LogP contribution in [0, 0.1) is 0 Å². The molecule has 0 spiro atoms. The van der Waals surface area contributed by atoms with Crippen LogP contribution in [0.5, 0.6) is 0 Å². The van der Waals surface area contributed by atoms with Crippen LogP contribution < -0.4 is 27.1 Å². The van der Waals surface area contributed by atoms with Crippen LogP contribution in [0.4, 0.5) is 16.8 Å². The topological polar surface area (TPSA) is 233 Å². The molecule has 41 heavy (non-hydrogen) atoms. The average Bonchev–Trinajstić information content (AvgIpc) is 3.68. The number of rotatable bonds is 8. The van der Waals surface area contributed by atoms with Crippen LogP contribution in [-0.4, -0.2) is 75.7 Å². The summed E-state index contributed by atoms with van der Waals surface area (Å²) in [6, 6.07) is 2.35. The van der Waals surface area contributed by atoms with Crippen molar-refractivity contribution in [1.29, 1.82) is 0 Å². The van der Waals surface area contributed by atoms with Crippen molar-refractivity contribution in [2.45, 2.75) is 49.7 Å². The molecule has 0 bridgehead atoms. The second kappa shape index (κ2) is 10.5. The normalized spacial score (nSPS) is 21.2. The number of nitrogens with zero attached hydrogens (tertiary/aromatic N) is 7. The first-order chi connectivity index (χ1) is 19.7. The molecule has 0 aromatic carbocycles. The Kier molecular flexibility index (Phi) is 6.86. The molecule has 2 aliphatic heterocycles. The van der Waals surface area contributed by atoms with Crippen molar-refractivity contribution in [3.8, 4) is 0 Å². The monoisotopic (exact) mass is 600 g/mol.